The molecule has 0 nitrogen and oxygen atoms in total. The van der Waals surface area contributed by atoms with Gasteiger partial charge in [0.15, 0.2) is 0 Å². The zero-order valence-electron chi connectivity index (χ0n) is 4.56. The van der Waals surface area contributed by atoms with E-state index < -0.39 is 0 Å². The molecule has 0 saturated carbocycles. The highest BCUT2D eigenvalue weighted by Gasteiger charge is 1.84. The van der Waals surface area contributed by atoms with Crippen molar-refractivity contribution in [3.8, 4) is 0 Å². The quantitative estimate of drug-likeness (QED) is 0.507. The molecule has 0 aromatic rings. The summed E-state index contributed by atoms with van der Waals surface area (Å²) in [5.41, 5.74) is 0. The molecule has 0 fully saturated rings. The van der Waals surface area contributed by atoms with Crippen LogP contribution >= 0.6 is 18.5 Å². The van der Waals surface area contributed by atoms with E-state index in [-0.39, 0.29) is 0 Å². The number of rotatable bonds is 2. The van der Waals surface area contributed by atoms with Gasteiger partial charge in [-0.05, 0) is 19.1 Å². The summed E-state index contributed by atoms with van der Waals surface area (Å²) in [6.07, 6.45) is 0. The minimum Gasteiger partial charge on any atom is -0.135 e. The van der Waals surface area contributed by atoms with Crippen molar-refractivity contribution in [1.82, 2.24) is 0 Å². The third kappa shape index (κ3) is 4.78. The van der Waals surface area contributed by atoms with Crippen LogP contribution in [0.1, 0.15) is 6.92 Å². The summed E-state index contributed by atoms with van der Waals surface area (Å²) in [4.78, 5) is 0. The predicted molar refractivity (Wildman–Crippen MR) is 36.9 cm³/mol. The van der Waals surface area contributed by atoms with E-state index in [9.17, 15) is 0 Å². The summed E-state index contributed by atoms with van der Waals surface area (Å²) >= 11 is 2.05. The van der Waals surface area contributed by atoms with E-state index in [4.69, 9.17) is 0 Å². The van der Waals surface area contributed by atoms with Gasteiger partial charge in [0, 0.05) is 0 Å². The average molecular weight is 122 g/mol. The molecule has 0 bridgehead atoms. The molecule has 0 aromatic carbocycles. The Hall–Kier alpha value is 0.780. The van der Waals surface area contributed by atoms with Gasteiger partial charge in [0.05, 0.1) is 0 Å². The highest BCUT2D eigenvalue weighted by atomic mass is 32.7. The standard InChI is InChI=1S/C4H11PS/c1-4-6-5(2)3/h4H2,1-3H3. The number of hydrogen-bond acceptors (Lipinski definition) is 1. The van der Waals surface area contributed by atoms with Crippen molar-refractivity contribution in [1.29, 1.82) is 0 Å². The summed E-state index contributed by atoms with van der Waals surface area (Å²) in [5, 5.41) is 0. The molecule has 0 spiro atoms. The first-order valence-electron chi connectivity index (χ1n) is 2.07. The summed E-state index contributed by atoms with van der Waals surface area (Å²) in [5.74, 6) is 1.28. The summed E-state index contributed by atoms with van der Waals surface area (Å²) in [6, 6.07) is 0. The maximum atomic E-state index is 2.28. The van der Waals surface area contributed by atoms with Crippen LogP contribution in [0.4, 0.5) is 0 Å². The van der Waals surface area contributed by atoms with Gasteiger partial charge >= 0.3 is 0 Å². The molecule has 0 heterocycles. The van der Waals surface area contributed by atoms with Crippen molar-refractivity contribution >= 4 is 18.5 Å². The van der Waals surface area contributed by atoms with Crippen molar-refractivity contribution in [2.75, 3.05) is 19.1 Å². The van der Waals surface area contributed by atoms with Crippen LogP contribution in [0, 0.1) is 0 Å². The maximum Gasteiger partial charge on any atom is -0.00544 e. The van der Waals surface area contributed by atoms with Gasteiger partial charge < -0.3 is 0 Å². The average Bonchev–Trinajstić information content (AvgIpc) is 1.35. The summed E-state index contributed by atoms with van der Waals surface area (Å²) in [7, 11) is 0.316. The highest BCUT2D eigenvalue weighted by molar-refractivity contribution is 8.55. The van der Waals surface area contributed by atoms with Gasteiger partial charge in [0.2, 0.25) is 0 Å². The normalized spacial score (nSPS) is 10.0. The van der Waals surface area contributed by atoms with Crippen LogP contribution < -0.4 is 0 Å². The Morgan fingerprint density at radius 2 is 2.00 bits per heavy atom. The Bertz CT molecular complexity index is 28.7. The topological polar surface area (TPSA) is 0 Å². The third-order valence-electron chi connectivity index (χ3n) is 0.387. The molecule has 0 aliphatic heterocycles. The molecule has 6 heavy (non-hydrogen) atoms. The van der Waals surface area contributed by atoms with E-state index in [1.165, 1.54) is 5.75 Å². The van der Waals surface area contributed by atoms with Crippen LogP contribution in [0.2, 0.25) is 0 Å². The van der Waals surface area contributed by atoms with Crippen LogP contribution in [0.3, 0.4) is 0 Å². The van der Waals surface area contributed by atoms with Crippen LogP contribution in [0.5, 0.6) is 0 Å². The molecule has 0 aliphatic carbocycles. The van der Waals surface area contributed by atoms with Crippen LogP contribution in [0.25, 0.3) is 0 Å². The van der Waals surface area contributed by atoms with E-state index in [1.54, 1.807) is 0 Å². The largest absolute Gasteiger partial charge is 0.135 e. The van der Waals surface area contributed by atoms with Gasteiger partial charge in [-0.15, -0.1) is 11.4 Å². The Kier molecular flexibility index (Phi) is 4.47. The predicted octanol–water partition coefficient (Wildman–Crippen LogP) is 2.40. The first kappa shape index (κ1) is 6.78. The molecule has 0 aromatic heterocycles. The van der Waals surface area contributed by atoms with Crippen LogP contribution in [0.15, 0.2) is 0 Å². The maximum absolute atomic E-state index is 2.28. The van der Waals surface area contributed by atoms with Gasteiger partial charge in [0.25, 0.3) is 0 Å². The van der Waals surface area contributed by atoms with Crippen LogP contribution in [-0.2, 0) is 0 Å². The lowest BCUT2D eigenvalue weighted by Crippen LogP contribution is -1.59. The van der Waals surface area contributed by atoms with E-state index >= 15 is 0 Å². The highest BCUT2D eigenvalue weighted by Crippen LogP contribution is 2.40. The van der Waals surface area contributed by atoms with Crippen molar-refractivity contribution in [2.24, 2.45) is 0 Å². The van der Waals surface area contributed by atoms with E-state index in [0.29, 0.717) is 7.12 Å². The molecular weight excluding hydrogens is 111 g/mol. The second-order valence-corrected chi connectivity index (χ2v) is 6.66. The minimum absolute atomic E-state index is 0.316. The summed E-state index contributed by atoms with van der Waals surface area (Å²) in [6.45, 7) is 6.76. The molecule has 0 aliphatic rings. The zero-order valence-corrected chi connectivity index (χ0v) is 6.27. The lowest BCUT2D eigenvalue weighted by molar-refractivity contribution is 1.54. The molecule has 0 radical (unpaired) electrons. The molecule has 0 amide bonds. The molecule has 0 unspecified atom stereocenters. The molecular formula is C4H11PS. The molecule has 0 atom stereocenters. The van der Waals surface area contributed by atoms with Crippen molar-refractivity contribution in [3.63, 3.8) is 0 Å². The molecule has 0 rings (SSSR count). The molecule has 2 heteroatoms. The second-order valence-electron chi connectivity index (χ2n) is 1.23. The Labute approximate surface area is 45.2 Å². The fourth-order valence-corrected chi connectivity index (χ4v) is 2.32. The fourth-order valence-electron chi connectivity index (χ4n) is 0.258. The summed E-state index contributed by atoms with van der Waals surface area (Å²) < 4.78 is 0. The first-order chi connectivity index (χ1) is 2.77. The second kappa shape index (κ2) is 3.95. The van der Waals surface area contributed by atoms with Gasteiger partial charge in [-0.3, -0.25) is 0 Å². The van der Waals surface area contributed by atoms with Crippen molar-refractivity contribution in [3.05, 3.63) is 0 Å². The van der Waals surface area contributed by atoms with Crippen molar-refractivity contribution in [2.45, 2.75) is 6.92 Å². The first-order valence-corrected chi connectivity index (χ1v) is 5.90. The Balaban J connectivity index is 2.63. The molecule has 38 valence electrons. The van der Waals surface area contributed by atoms with E-state index in [1.807, 2.05) is 0 Å². The SMILES string of the molecule is CCSP(C)C. The third-order valence-corrected chi connectivity index (χ3v) is 3.49. The minimum atomic E-state index is 0.316. The van der Waals surface area contributed by atoms with E-state index in [0.717, 1.165) is 0 Å². The molecule has 0 N–H and O–H groups in total. The number of hydrogen-bond donors (Lipinski definition) is 0. The van der Waals surface area contributed by atoms with Gasteiger partial charge in [-0.2, -0.15) is 0 Å². The van der Waals surface area contributed by atoms with Crippen molar-refractivity contribution < 1.29 is 0 Å². The van der Waals surface area contributed by atoms with Gasteiger partial charge in [-0.1, -0.05) is 14.0 Å². The van der Waals surface area contributed by atoms with Crippen LogP contribution in [-0.4, -0.2) is 19.1 Å². The Morgan fingerprint density at radius 3 is 2.00 bits per heavy atom. The zero-order chi connectivity index (χ0) is 4.99. The lowest BCUT2D eigenvalue weighted by atomic mass is 11.0. The fraction of sp³-hybridized carbons (Fsp3) is 1.00. The van der Waals surface area contributed by atoms with Gasteiger partial charge in [0.1, 0.15) is 0 Å². The van der Waals surface area contributed by atoms with Gasteiger partial charge in [-0.25, -0.2) is 0 Å². The lowest BCUT2D eigenvalue weighted by Gasteiger charge is -1.97. The smallest absolute Gasteiger partial charge is 0.00544 e. The van der Waals surface area contributed by atoms with E-state index in [2.05, 4.69) is 31.6 Å². The monoisotopic (exact) mass is 122 g/mol. The molecule has 0 saturated heterocycles. The Morgan fingerprint density at radius 1 is 1.50 bits per heavy atom.